The molecule has 7 nitrogen and oxygen atoms in total. The topological polar surface area (TPSA) is 102 Å². The molecule has 0 bridgehead atoms. The molecule has 0 fully saturated rings. The molecule has 0 saturated heterocycles. The predicted molar refractivity (Wildman–Crippen MR) is 102 cm³/mol. The van der Waals surface area contributed by atoms with E-state index >= 15 is 0 Å². The highest BCUT2D eigenvalue weighted by molar-refractivity contribution is 6.13. The average molecular weight is 386 g/mol. The first-order valence-electron chi connectivity index (χ1n) is 8.67. The molecule has 0 saturated carbocycles. The number of hydrogen-bond acceptors (Lipinski definition) is 7. The van der Waals surface area contributed by atoms with Crippen molar-refractivity contribution < 1.29 is 34.0 Å². The first-order valence-corrected chi connectivity index (χ1v) is 8.67. The quantitative estimate of drug-likeness (QED) is 0.309. The summed E-state index contributed by atoms with van der Waals surface area (Å²) in [5.74, 6) is -2.08. The van der Waals surface area contributed by atoms with Crippen molar-refractivity contribution >= 4 is 11.8 Å². The number of carbonyl (C=O) groups excluding carboxylic acids is 2. The molecule has 2 aromatic carbocycles. The molecule has 2 aromatic rings. The summed E-state index contributed by atoms with van der Waals surface area (Å²) in [6, 6.07) is 6.96. The summed E-state index contributed by atoms with van der Waals surface area (Å²) < 4.78 is 15.8. The summed E-state index contributed by atoms with van der Waals surface area (Å²) in [4.78, 5) is 24.7. The molecule has 0 aliphatic rings. The molecular weight excluding hydrogens is 364 g/mol. The third-order valence-electron chi connectivity index (χ3n) is 3.71. The molecule has 28 heavy (non-hydrogen) atoms. The maximum atomic E-state index is 12.8. The number of ketones is 1. The van der Waals surface area contributed by atoms with Gasteiger partial charge in [0.1, 0.15) is 11.5 Å². The fourth-order valence-electron chi connectivity index (χ4n) is 2.39. The highest BCUT2D eigenvalue weighted by Crippen LogP contribution is 2.41. The second kappa shape index (κ2) is 8.94. The lowest BCUT2D eigenvalue weighted by Crippen LogP contribution is -2.11. The van der Waals surface area contributed by atoms with E-state index in [9.17, 15) is 19.8 Å². The zero-order chi connectivity index (χ0) is 20.8. The normalized spacial score (nSPS) is 10.2. The average Bonchev–Trinajstić information content (AvgIpc) is 2.64. The van der Waals surface area contributed by atoms with Gasteiger partial charge < -0.3 is 24.4 Å². The summed E-state index contributed by atoms with van der Waals surface area (Å²) in [6.45, 7) is 9.11. The van der Waals surface area contributed by atoms with Crippen LogP contribution in [-0.4, -0.2) is 35.2 Å². The van der Waals surface area contributed by atoms with Crippen LogP contribution >= 0.6 is 0 Å². The van der Waals surface area contributed by atoms with Crippen molar-refractivity contribution in [3.05, 3.63) is 53.6 Å². The van der Waals surface area contributed by atoms with Crippen LogP contribution in [0, 0.1) is 0 Å². The van der Waals surface area contributed by atoms with Crippen molar-refractivity contribution in [2.24, 2.45) is 0 Å². The van der Waals surface area contributed by atoms with Crippen LogP contribution in [0.2, 0.25) is 0 Å². The fourth-order valence-corrected chi connectivity index (χ4v) is 2.39. The smallest absolute Gasteiger partial charge is 0.338 e. The molecule has 2 N–H and O–H groups in total. The Hall–Kier alpha value is -3.48. The molecule has 0 amide bonds. The van der Waals surface area contributed by atoms with Gasteiger partial charge >= 0.3 is 5.97 Å². The highest BCUT2D eigenvalue weighted by atomic mass is 16.6. The van der Waals surface area contributed by atoms with E-state index < -0.39 is 17.5 Å². The maximum Gasteiger partial charge on any atom is 0.338 e. The Balaban J connectivity index is 2.49. The highest BCUT2D eigenvalue weighted by Gasteiger charge is 2.24. The number of hydrogen-bond donors (Lipinski definition) is 2. The largest absolute Gasteiger partial charge is 0.507 e. The van der Waals surface area contributed by atoms with Crippen LogP contribution < -0.4 is 14.2 Å². The summed E-state index contributed by atoms with van der Waals surface area (Å²) in [7, 11) is 0. The lowest BCUT2D eigenvalue weighted by atomic mass is 10.0. The number of rotatable bonds is 8. The molecule has 0 aromatic heterocycles. The van der Waals surface area contributed by atoms with Crippen LogP contribution in [0.25, 0.3) is 0 Å². The lowest BCUT2D eigenvalue weighted by Gasteiger charge is -2.15. The van der Waals surface area contributed by atoms with E-state index in [-0.39, 0.29) is 40.6 Å². The predicted octanol–water partition coefficient (Wildman–Crippen LogP) is 3.61. The minimum absolute atomic E-state index is 0.0416. The van der Waals surface area contributed by atoms with Crippen molar-refractivity contribution in [2.45, 2.75) is 20.8 Å². The third-order valence-corrected chi connectivity index (χ3v) is 3.71. The molecule has 0 aliphatic carbocycles. The minimum atomic E-state index is -0.773. The second-order valence-electron chi connectivity index (χ2n) is 5.83. The number of ether oxygens (including phenoxy) is 3. The number of phenols is 2. The van der Waals surface area contributed by atoms with Gasteiger partial charge in [-0.05, 0) is 45.0 Å². The van der Waals surface area contributed by atoms with Crippen LogP contribution in [0.4, 0.5) is 0 Å². The standard InChI is InChI=1S/C21H22O7/c1-5-26-13-7-8-14(16(22)11-13)18(23)15-9-10-17(27-6-2)20(19(15)24)28-21(25)12(3)4/h7-11,22,24H,3,5-6H2,1-2,4H3. The number of benzene rings is 2. The molecule has 7 heteroatoms. The van der Waals surface area contributed by atoms with Gasteiger partial charge in [-0.3, -0.25) is 4.79 Å². The van der Waals surface area contributed by atoms with Crippen molar-refractivity contribution in [1.29, 1.82) is 0 Å². The number of aromatic hydroxyl groups is 2. The zero-order valence-corrected chi connectivity index (χ0v) is 15.9. The Bertz CT molecular complexity index is 915. The van der Waals surface area contributed by atoms with Crippen molar-refractivity contribution in [2.75, 3.05) is 13.2 Å². The summed E-state index contributed by atoms with van der Waals surface area (Å²) in [6.07, 6.45) is 0. The van der Waals surface area contributed by atoms with Crippen LogP contribution in [0.1, 0.15) is 36.7 Å². The molecule has 0 aliphatic heterocycles. The molecule has 2 rings (SSSR count). The fraction of sp³-hybridized carbons (Fsp3) is 0.238. The van der Waals surface area contributed by atoms with Gasteiger partial charge in [0.2, 0.25) is 11.5 Å². The summed E-state index contributed by atoms with van der Waals surface area (Å²) in [5.41, 5.74) is -0.0877. The molecule has 0 unspecified atom stereocenters. The Labute approximate surface area is 162 Å². The van der Waals surface area contributed by atoms with E-state index in [2.05, 4.69) is 6.58 Å². The van der Waals surface area contributed by atoms with Gasteiger partial charge in [-0.25, -0.2) is 4.79 Å². The lowest BCUT2D eigenvalue weighted by molar-refractivity contribution is -0.130. The van der Waals surface area contributed by atoms with E-state index in [1.165, 1.54) is 37.3 Å². The first kappa shape index (κ1) is 20.8. The van der Waals surface area contributed by atoms with Gasteiger partial charge in [0, 0.05) is 11.6 Å². The van der Waals surface area contributed by atoms with Crippen LogP contribution in [0.15, 0.2) is 42.5 Å². The Kier molecular flexibility index (Phi) is 6.65. The SMILES string of the molecule is C=C(C)C(=O)Oc1c(OCC)ccc(C(=O)c2ccc(OCC)cc2O)c1O. The van der Waals surface area contributed by atoms with Crippen molar-refractivity contribution in [3.8, 4) is 28.7 Å². The summed E-state index contributed by atoms with van der Waals surface area (Å²) in [5, 5.41) is 20.7. The van der Waals surface area contributed by atoms with Gasteiger partial charge in [0.25, 0.3) is 0 Å². The minimum Gasteiger partial charge on any atom is -0.507 e. The molecule has 0 atom stereocenters. The van der Waals surface area contributed by atoms with Crippen molar-refractivity contribution in [1.82, 2.24) is 0 Å². The Morgan fingerprint density at radius 3 is 2.21 bits per heavy atom. The van der Waals surface area contributed by atoms with E-state index in [4.69, 9.17) is 14.2 Å². The number of esters is 1. The van der Waals surface area contributed by atoms with Crippen molar-refractivity contribution in [3.63, 3.8) is 0 Å². The summed E-state index contributed by atoms with van der Waals surface area (Å²) >= 11 is 0. The second-order valence-corrected chi connectivity index (χ2v) is 5.83. The number of carbonyl (C=O) groups is 2. The van der Waals surface area contributed by atoms with Gasteiger partial charge in [0.15, 0.2) is 11.5 Å². The van der Waals surface area contributed by atoms with E-state index in [1.54, 1.807) is 13.8 Å². The van der Waals surface area contributed by atoms with Crippen LogP contribution in [-0.2, 0) is 4.79 Å². The molecule has 148 valence electrons. The molecular formula is C21H22O7. The van der Waals surface area contributed by atoms with E-state index in [0.29, 0.717) is 12.4 Å². The van der Waals surface area contributed by atoms with Gasteiger partial charge in [-0.15, -0.1) is 0 Å². The Morgan fingerprint density at radius 2 is 1.64 bits per heavy atom. The molecule has 0 heterocycles. The van der Waals surface area contributed by atoms with Crippen LogP contribution in [0.3, 0.4) is 0 Å². The van der Waals surface area contributed by atoms with E-state index in [0.717, 1.165) is 0 Å². The zero-order valence-electron chi connectivity index (χ0n) is 15.9. The third kappa shape index (κ3) is 4.43. The van der Waals surface area contributed by atoms with Gasteiger partial charge in [-0.2, -0.15) is 0 Å². The maximum absolute atomic E-state index is 12.8. The molecule has 0 radical (unpaired) electrons. The van der Waals surface area contributed by atoms with Gasteiger partial charge in [0.05, 0.1) is 24.3 Å². The monoisotopic (exact) mass is 386 g/mol. The van der Waals surface area contributed by atoms with Crippen LogP contribution in [0.5, 0.6) is 28.7 Å². The number of phenolic OH excluding ortho intramolecular Hbond substituents is 2. The van der Waals surface area contributed by atoms with E-state index in [1.807, 2.05) is 0 Å². The van der Waals surface area contributed by atoms with Gasteiger partial charge in [-0.1, -0.05) is 6.58 Å². The Morgan fingerprint density at radius 1 is 1.00 bits per heavy atom. The first-order chi connectivity index (χ1) is 13.3. The molecule has 0 spiro atoms.